The molecule has 0 saturated carbocycles. The van der Waals surface area contributed by atoms with Gasteiger partial charge in [-0.3, -0.25) is 19.2 Å². The van der Waals surface area contributed by atoms with Crippen LogP contribution in [0.4, 0.5) is 11.4 Å². The Balaban J connectivity index is 0.00000304. The average molecular weight is 482 g/mol. The van der Waals surface area contributed by atoms with Crippen LogP contribution in [0.5, 0.6) is 0 Å². The maximum atomic E-state index is 13.1. The van der Waals surface area contributed by atoms with Gasteiger partial charge in [0, 0.05) is 16.7 Å². The Kier molecular flexibility index (Phi) is 6.13. The van der Waals surface area contributed by atoms with E-state index < -0.39 is 35.2 Å². The van der Waals surface area contributed by atoms with Gasteiger partial charge in [0.25, 0.3) is 23.6 Å². The molecule has 8 nitrogen and oxygen atoms in total. The zero-order valence-electron chi connectivity index (χ0n) is 18.7. The van der Waals surface area contributed by atoms with Gasteiger partial charge >= 0.3 is 29.6 Å². The van der Waals surface area contributed by atoms with E-state index in [1.165, 1.54) is 42.5 Å². The molecule has 2 heterocycles. The molecule has 0 N–H and O–H groups in total. The van der Waals surface area contributed by atoms with Crippen LogP contribution in [-0.4, -0.2) is 29.6 Å². The Morgan fingerprint density at radius 1 is 0.639 bits per heavy atom. The number of nitrogens with zero attached hydrogens (tertiary/aromatic N) is 2. The number of terminal acetylenes is 2. The van der Waals surface area contributed by atoms with Crippen molar-refractivity contribution >= 4 is 41.0 Å². The summed E-state index contributed by atoms with van der Waals surface area (Å²) < 4.78 is 0. The monoisotopic (exact) mass is 482 g/mol. The molecule has 0 fully saturated rings. The fourth-order valence-corrected chi connectivity index (χ4v) is 4.10. The number of carbonyl (C=O) groups excluding carboxylic acids is 5. The molecule has 36 heavy (non-hydrogen) atoms. The summed E-state index contributed by atoms with van der Waals surface area (Å²) in [5.41, 5.74) is 0.267. The maximum Gasteiger partial charge on any atom is 1.00 e. The Hall–Kier alpha value is -4.47. The molecule has 4 amide bonds. The summed E-state index contributed by atoms with van der Waals surface area (Å²) in [6.45, 7) is 0. The van der Waals surface area contributed by atoms with Crippen LogP contribution in [0.15, 0.2) is 54.6 Å². The first kappa shape index (κ1) is 24.6. The topological polar surface area (TPSA) is 115 Å². The summed E-state index contributed by atoms with van der Waals surface area (Å²) in [7, 11) is 0. The molecular formula is C27H11N2NaO6. The number of hydrogen-bond donors (Lipinski definition) is 0. The molecule has 2 aliphatic heterocycles. The predicted molar refractivity (Wildman–Crippen MR) is 122 cm³/mol. The van der Waals surface area contributed by atoms with Gasteiger partial charge in [0.2, 0.25) is 0 Å². The van der Waals surface area contributed by atoms with Crippen molar-refractivity contribution in [3.63, 3.8) is 0 Å². The van der Waals surface area contributed by atoms with Crippen LogP contribution in [-0.2, 0) is 0 Å². The largest absolute Gasteiger partial charge is 1.00 e. The van der Waals surface area contributed by atoms with Crippen LogP contribution in [0.2, 0.25) is 0 Å². The molecule has 0 unspecified atom stereocenters. The van der Waals surface area contributed by atoms with Crippen molar-refractivity contribution in [3.05, 3.63) is 93.5 Å². The second-order valence-electron chi connectivity index (χ2n) is 7.73. The van der Waals surface area contributed by atoms with Crippen LogP contribution < -0.4 is 44.5 Å². The number of fused-ring (bicyclic) bond motifs is 2. The molecule has 3 aromatic rings. The van der Waals surface area contributed by atoms with Crippen LogP contribution in [0.25, 0.3) is 0 Å². The molecule has 5 rings (SSSR count). The first-order chi connectivity index (χ1) is 16.7. The van der Waals surface area contributed by atoms with Crippen molar-refractivity contribution in [2.75, 3.05) is 9.80 Å². The molecule has 0 aliphatic carbocycles. The van der Waals surface area contributed by atoms with Crippen LogP contribution >= 0.6 is 0 Å². The van der Waals surface area contributed by atoms with Crippen molar-refractivity contribution < 1.29 is 58.6 Å². The number of hydrogen-bond acceptors (Lipinski definition) is 6. The van der Waals surface area contributed by atoms with Crippen molar-refractivity contribution in [3.8, 4) is 24.7 Å². The van der Waals surface area contributed by atoms with Crippen molar-refractivity contribution in [1.82, 2.24) is 0 Å². The Morgan fingerprint density at radius 3 is 1.39 bits per heavy atom. The van der Waals surface area contributed by atoms with E-state index in [1.807, 2.05) is 0 Å². The van der Waals surface area contributed by atoms with Crippen molar-refractivity contribution in [1.29, 1.82) is 0 Å². The van der Waals surface area contributed by atoms with Gasteiger partial charge in [-0.25, -0.2) is 9.80 Å². The number of rotatable bonds is 3. The minimum absolute atomic E-state index is 0. The second kappa shape index (κ2) is 8.95. The molecule has 0 bridgehead atoms. The second-order valence-corrected chi connectivity index (χ2v) is 7.73. The number of carboxylic acids is 1. The predicted octanol–water partition coefficient (Wildman–Crippen LogP) is -1.38. The zero-order chi connectivity index (χ0) is 25.0. The Bertz CT molecular complexity index is 1530. The smallest absolute Gasteiger partial charge is 0.545 e. The molecule has 166 valence electrons. The van der Waals surface area contributed by atoms with Crippen LogP contribution in [0, 0.1) is 24.7 Å². The molecule has 0 aromatic heterocycles. The number of anilines is 2. The van der Waals surface area contributed by atoms with E-state index in [4.69, 9.17) is 12.8 Å². The van der Waals surface area contributed by atoms with Crippen LogP contribution in [0.3, 0.4) is 0 Å². The first-order valence-corrected chi connectivity index (χ1v) is 10.1. The van der Waals surface area contributed by atoms with Crippen LogP contribution in [0.1, 0.15) is 62.9 Å². The van der Waals surface area contributed by atoms with E-state index in [0.29, 0.717) is 11.1 Å². The number of benzene rings is 3. The molecule has 0 atom stereocenters. The molecule has 9 heteroatoms. The summed E-state index contributed by atoms with van der Waals surface area (Å²) in [5.74, 6) is 0.242. The molecule has 0 saturated heterocycles. The molecule has 0 radical (unpaired) electrons. The van der Waals surface area contributed by atoms with Gasteiger partial charge in [0.1, 0.15) is 0 Å². The van der Waals surface area contributed by atoms with E-state index in [0.717, 1.165) is 21.9 Å². The minimum atomic E-state index is -1.63. The van der Waals surface area contributed by atoms with E-state index in [9.17, 15) is 29.1 Å². The van der Waals surface area contributed by atoms with Gasteiger partial charge < -0.3 is 9.90 Å². The standard InChI is InChI=1S/C27H12N2O6.Na/c1-3-14-5-7-19-21(9-14)25(32)28(23(19)30)17-11-16(27(34)35)12-18(13-17)29-24(31)20-8-6-15(4-2)10-22(20)26(29)33;/h1-2,5-13H,(H,34,35);/q;+1/p-1. The van der Waals surface area contributed by atoms with Crippen molar-refractivity contribution in [2.45, 2.75) is 0 Å². The third kappa shape index (κ3) is 3.62. The molecule has 3 aromatic carbocycles. The summed E-state index contributed by atoms with van der Waals surface area (Å²) in [4.78, 5) is 65.4. The molecule has 2 aliphatic rings. The summed E-state index contributed by atoms with van der Waals surface area (Å²) in [5, 5.41) is 11.7. The minimum Gasteiger partial charge on any atom is -0.545 e. The van der Waals surface area contributed by atoms with E-state index in [-0.39, 0.29) is 63.2 Å². The number of aromatic carboxylic acids is 1. The Labute approximate surface area is 226 Å². The fraction of sp³-hybridized carbons (Fsp3) is 0. The summed E-state index contributed by atoms with van der Waals surface area (Å²) >= 11 is 0. The van der Waals surface area contributed by atoms with Gasteiger partial charge in [0.05, 0.1) is 39.6 Å². The van der Waals surface area contributed by atoms with Gasteiger partial charge in [0.15, 0.2) is 0 Å². The normalized spacial score (nSPS) is 13.6. The molecular weight excluding hydrogens is 471 g/mol. The third-order valence-electron chi connectivity index (χ3n) is 5.76. The summed E-state index contributed by atoms with van der Waals surface area (Å²) in [6, 6.07) is 11.9. The maximum absolute atomic E-state index is 13.1. The molecule has 0 spiro atoms. The average Bonchev–Trinajstić information content (AvgIpc) is 3.26. The number of carbonyl (C=O) groups is 5. The number of imide groups is 2. The quantitative estimate of drug-likeness (QED) is 0.258. The van der Waals surface area contributed by atoms with E-state index in [1.54, 1.807) is 0 Å². The first-order valence-electron chi connectivity index (χ1n) is 10.1. The number of carboxylic acid groups (broad SMARTS) is 1. The van der Waals surface area contributed by atoms with E-state index in [2.05, 4.69) is 11.8 Å². The van der Waals surface area contributed by atoms with Gasteiger partial charge in [-0.15, -0.1) is 12.8 Å². The fourth-order valence-electron chi connectivity index (χ4n) is 4.10. The van der Waals surface area contributed by atoms with Gasteiger partial charge in [-0.2, -0.15) is 0 Å². The van der Waals surface area contributed by atoms with E-state index >= 15 is 0 Å². The van der Waals surface area contributed by atoms with Gasteiger partial charge in [-0.05, 0) is 54.6 Å². The van der Waals surface area contributed by atoms with Crippen molar-refractivity contribution in [2.24, 2.45) is 0 Å². The zero-order valence-corrected chi connectivity index (χ0v) is 20.7. The third-order valence-corrected chi connectivity index (χ3v) is 5.76. The Morgan fingerprint density at radius 2 is 1.03 bits per heavy atom. The summed E-state index contributed by atoms with van der Waals surface area (Å²) in [6.07, 6.45) is 10.8. The number of amides is 4. The van der Waals surface area contributed by atoms with Gasteiger partial charge in [-0.1, -0.05) is 11.8 Å². The SMILES string of the molecule is C#Cc1ccc2c(c1)C(=O)N(c1cc(C(=O)[O-])cc(N3C(=O)c4ccc(C#C)cc4C3=O)c1)C2=O.[Na+].